The van der Waals surface area contributed by atoms with Gasteiger partial charge in [0.15, 0.2) is 0 Å². The second kappa shape index (κ2) is 6.74. The van der Waals surface area contributed by atoms with E-state index in [1.807, 2.05) is 12.5 Å². The fourth-order valence-corrected chi connectivity index (χ4v) is 1.50. The van der Waals surface area contributed by atoms with E-state index < -0.39 is 0 Å². The van der Waals surface area contributed by atoms with Gasteiger partial charge in [0.05, 0.1) is 30.8 Å². The first kappa shape index (κ1) is 14.2. The van der Waals surface area contributed by atoms with Gasteiger partial charge in [0.25, 0.3) is 0 Å². The molecule has 0 saturated carbocycles. The zero-order valence-corrected chi connectivity index (χ0v) is 11.2. The number of rotatable bonds is 8. The molecule has 1 aromatic rings. The van der Waals surface area contributed by atoms with Crippen molar-refractivity contribution in [2.24, 2.45) is 0 Å². The lowest BCUT2D eigenvalue weighted by molar-refractivity contribution is 0.00751. The Morgan fingerprint density at radius 1 is 1.41 bits per heavy atom. The van der Waals surface area contributed by atoms with Crippen LogP contribution in [0.1, 0.15) is 19.5 Å². The number of aromatic nitrogens is 2. The molecule has 98 valence electrons. The zero-order valence-electron chi connectivity index (χ0n) is 11.2. The van der Waals surface area contributed by atoms with Crippen molar-refractivity contribution in [3.8, 4) is 0 Å². The van der Waals surface area contributed by atoms with Crippen molar-refractivity contribution in [3.63, 3.8) is 0 Å². The smallest absolute Gasteiger partial charge is 0.0949 e. The Bertz CT molecular complexity index is 323. The van der Waals surface area contributed by atoms with Gasteiger partial charge in [-0.1, -0.05) is 0 Å². The van der Waals surface area contributed by atoms with Crippen molar-refractivity contribution in [1.29, 1.82) is 0 Å². The molecule has 0 spiro atoms. The van der Waals surface area contributed by atoms with Crippen LogP contribution in [0.3, 0.4) is 0 Å². The number of imidazole rings is 1. The molecule has 0 aliphatic carbocycles. The van der Waals surface area contributed by atoms with Crippen LogP contribution in [0.4, 0.5) is 0 Å². The highest BCUT2D eigenvalue weighted by Crippen LogP contribution is 2.12. The van der Waals surface area contributed by atoms with Crippen LogP contribution >= 0.6 is 0 Å². The largest absolute Gasteiger partial charge is 0.383 e. The highest BCUT2D eigenvalue weighted by molar-refractivity contribution is 4.99. The van der Waals surface area contributed by atoms with Crippen molar-refractivity contribution in [2.75, 3.05) is 27.4 Å². The molecular formula is C12H23N3O2. The molecule has 0 aliphatic heterocycles. The Kier molecular flexibility index (Phi) is 5.61. The van der Waals surface area contributed by atoms with Gasteiger partial charge in [0, 0.05) is 33.5 Å². The summed E-state index contributed by atoms with van der Waals surface area (Å²) in [6, 6.07) is 0. The van der Waals surface area contributed by atoms with Crippen LogP contribution in [-0.4, -0.2) is 42.5 Å². The van der Waals surface area contributed by atoms with Crippen LogP contribution in [-0.2, 0) is 22.6 Å². The average Bonchev–Trinajstić information content (AvgIpc) is 2.71. The molecular weight excluding hydrogens is 218 g/mol. The molecule has 0 saturated heterocycles. The van der Waals surface area contributed by atoms with Gasteiger partial charge in [-0.15, -0.1) is 0 Å². The third-order valence-corrected chi connectivity index (χ3v) is 2.69. The summed E-state index contributed by atoms with van der Waals surface area (Å²) in [5.41, 5.74) is 0.980. The summed E-state index contributed by atoms with van der Waals surface area (Å²) in [6.07, 6.45) is 3.72. The van der Waals surface area contributed by atoms with Gasteiger partial charge < -0.3 is 19.4 Å². The first-order chi connectivity index (χ1) is 8.09. The molecule has 0 aromatic carbocycles. The fourth-order valence-electron chi connectivity index (χ4n) is 1.50. The number of ether oxygens (including phenoxy) is 2. The maximum Gasteiger partial charge on any atom is 0.0949 e. The lowest BCUT2D eigenvalue weighted by Crippen LogP contribution is -2.30. The fraction of sp³-hybridized carbons (Fsp3) is 0.750. The van der Waals surface area contributed by atoms with E-state index in [1.165, 1.54) is 0 Å². The average molecular weight is 241 g/mol. The molecule has 0 radical (unpaired) electrons. The summed E-state index contributed by atoms with van der Waals surface area (Å²) in [4.78, 5) is 4.18. The van der Waals surface area contributed by atoms with Crippen molar-refractivity contribution >= 4 is 0 Å². The first-order valence-corrected chi connectivity index (χ1v) is 5.83. The topological polar surface area (TPSA) is 48.3 Å². The molecule has 5 nitrogen and oxygen atoms in total. The summed E-state index contributed by atoms with van der Waals surface area (Å²) < 4.78 is 12.5. The number of nitrogens with zero attached hydrogens (tertiary/aromatic N) is 2. The van der Waals surface area contributed by atoms with E-state index in [0.717, 1.165) is 31.9 Å². The third kappa shape index (κ3) is 4.85. The molecule has 5 heteroatoms. The summed E-state index contributed by atoms with van der Waals surface area (Å²) >= 11 is 0. The van der Waals surface area contributed by atoms with Crippen LogP contribution in [0.2, 0.25) is 0 Å². The molecule has 0 unspecified atom stereocenters. The van der Waals surface area contributed by atoms with Crippen molar-refractivity contribution in [2.45, 2.75) is 32.5 Å². The molecule has 0 atom stereocenters. The molecule has 1 heterocycles. The molecule has 0 aliphatic rings. The van der Waals surface area contributed by atoms with Crippen molar-refractivity contribution in [3.05, 3.63) is 18.2 Å². The van der Waals surface area contributed by atoms with E-state index in [-0.39, 0.29) is 5.60 Å². The minimum Gasteiger partial charge on any atom is -0.383 e. The molecule has 1 rings (SSSR count). The quantitative estimate of drug-likeness (QED) is 0.691. The van der Waals surface area contributed by atoms with E-state index in [0.29, 0.717) is 0 Å². The first-order valence-electron chi connectivity index (χ1n) is 5.83. The Morgan fingerprint density at radius 3 is 2.82 bits per heavy atom. The predicted molar refractivity (Wildman–Crippen MR) is 66.9 cm³/mol. The SMILES string of the molecule is COCCNCc1cncn1CC(C)(C)OC. The lowest BCUT2D eigenvalue weighted by atomic mass is 10.1. The number of methoxy groups -OCH3 is 2. The van der Waals surface area contributed by atoms with Crippen LogP contribution < -0.4 is 5.32 Å². The van der Waals surface area contributed by atoms with Crippen LogP contribution in [0.5, 0.6) is 0 Å². The van der Waals surface area contributed by atoms with E-state index in [9.17, 15) is 0 Å². The van der Waals surface area contributed by atoms with E-state index >= 15 is 0 Å². The molecule has 1 aromatic heterocycles. The van der Waals surface area contributed by atoms with Gasteiger partial charge in [0.2, 0.25) is 0 Å². The van der Waals surface area contributed by atoms with Crippen molar-refractivity contribution in [1.82, 2.24) is 14.9 Å². The van der Waals surface area contributed by atoms with Gasteiger partial charge in [0.1, 0.15) is 0 Å². The van der Waals surface area contributed by atoms with Gasteiger partial charge >= 0.3 is 0 Å². The standard InChI is InChI=1S/C12H23N3O2/c1-12(2,17-4)9-15-10-14-8-11(15)7-13-5-6-16-3/h8,10,13H,5-7,9H2,1-4H3. The molecule has 0 amide bonds. The Morgan fingerprint density at radius 2 is 2.18 bits per heavy atom. The maximum atomic E-state index is 5.42. The van der Waals surface area contributed by atoms with E-state index in [4.69, 9.17) is 9.47 Å². The van der Waals surface area contributed by atoms with Crippen LogP contribution in [0.15, 0.2) is 12.5 Å². The minimum atomic E-state index is -0.179. The zero-order chi connectivity index (χ0) is 12.7. The van der Waals surface area contributed by atoms with Gasteiger partial charge in [-0.05, 0) is 13.8 Å². The van der Waals surface area contributed by atoms with Gasteiger partial charge in [-0.2, -0.15) is 0 Å². The van der Waals surface area contributed by atoms with E-state index in [2.05, 4.69) is 28.7 Å². The highest BCUT2D eigenvalue weighted by atomic mass is 16.5. The Labute approximate surface area is 103 Å². The summed E-state index contributed by atoms with van der Waals surface area (Å²) in [6.45, 7) is 7.28. The van der Waals surface area contributed by atoms with Crippen molar-refractivity contribution < 1.29 is 9.47 Å². The summed E-state index contributed by atoms with van der Waals surface area (Å²) in [5, 5.41) is 3.31. The normalized spacial score (nSPS) is 12.0. The molecule has 0 bridgehead atoms. The van der Waals surface area contributed by atoms with Gasteiger partial charge in [-0.25, -0.2) is 4.98 Å². The molecule has 1 N–H and O–H groups in total. The molecule has 0 fully saturated rings. The number of hydrogen-bond acceptors (Lipinski definition) is 4. The minimum absolute atomic E-state index is 0.179. The van der Waals surface area contributed by atoms with Crippen LogP contribution in [0, 0.1) is 0 Å². The van der Waals surface area contributed by atoms with E-state index in [1.54, 1.807) is 14.2 Å². The Balaban J connectivity index is 2.48. The summed E-state index contributed by atoms with van der Waals surface area (Å²) in [7, 11) is 3.43. The van der Waals surface area contributed by atoms with Gasteiger partial charge in [-0.3, -0.25) is 0 Å². The lowest BCUT2D eigenvalue weighted by Gasteiger charge is -2.24. The third-order valence-electron chi connectivity index (χ3n) is 2.69. The number of nitrogens with one attached hydrogen (secondary N) is 1. The Hall–Kier alpha value is -0.910. The second-order valence-corrected chi connectivity index (χ2v) is 4.65. The monoisotopic (exact) mass is 241 g/mol. The molecule has 17 heavy (non-hydrogen) atoms. The summed E-state index contributed by atoms with van der Waals surface area (Å²) in [5.74, 6) is 0. The van der Waals surface area contributed by atoms with Crippen LogP contribution in [0.25, 0.3) is 0 Å². The maximum absolute atomic E-state index is 5.42. The highest BCUT2D eigenvalue weighted by Gasteiger charge is 2.18. The predicted octanol–water partition coefficient (Wildman–Crippen LogP) is 1.04. The second-order valence-electron chi connectivity index (χ2n) is 4.65. The number of hydrogen-bond donors (Lipinski definition) is 1.